The Balaban J connectivity index is 2.08. The normalized spacial score (nSPS) is 10.0. The number of carbonyl (C=O) groups excluding carboxylic acids is 3. The molecule has 0 unspecified atom stereocenters. The molecule has 0 aromatic heterocycles. The van der Waals surface area contributed by atoms with E-state index in [0.717, 1.165) is 11.3 Å². The van der Waals surface area contributed by atoms with Crippen LogP contribution in [0.3, 0.4) is 0 Å². The first-order chi connectivity index (χ1) is 13.0. The van der Waals surface area contributed by atoms with Crippen molar-refractivity contribution in [2.75, 3.05) is 25.7 Å². The molecular formula is C20H22N2O5. The Morgan fingerprint density at radius 1 is 1.00 bits per heavy atom. The number of anilines is 1. The van der Waals surface area contributed by atoms with Gasteiger partial charge in [0.1, 0.15) is 12.3 Å². The lowest BCUT2D eigenvalue weighted by Gasteiger charge is -2.22. The fourth-order valence-corrected chi connectivity index (χ4v) is 2.50. The third-order valence-corrected chi connectivity index (χ3v) is 3.93. The summed E-state index contributed by atoms with van der Waals surface area (Å²) in [6, 6.07) is 13.8. The smallest absolute Gasteiger partial charge is 0.339 e. The van der Waals surface area contributed by atoms with E-state index in [1.807, 2.05) is 12.1 Å². The number of hydrogen-bond donors (Lipinski definition) is 1. The molecule has 27 heavy (non-hydrogen) atoms. The summed E-state index contributed by atoms with van der Waals surface area (Å²) in [5.74, 6) is -0.547. The predicted molar refractivity (Wildman–Crippen MR) is 101 cm³/mol. The monoisotopic (exact) mass is 370 g/mol. The zero-order chi connectivity index (χ0) is 19.8. The van der Waals surface area contributed by atoms with E-state index in [1.54, 1.807) is 43.5 Å². The molecule has 142 valence electrons. The highest BCUT2D eigenvalue weighted by molar-refractivity contribution is 6.04. The fraction of sp³-hybridized carbons (Fsp3) is 0.250. The van der Waals surface area contributed by atoms with E-state index < -0.39 is 5.97 Å². The lowest BCUT2D eigenvalue weighted by atomic mass is 10.1. The summed E-state index contributed by atoms with van der Waals surface area (Å²) < 4.78 is 9.84. The summed E-state index contributed by atoms with van der Waals surface area (Å²) in [6.07, 6.45) is 0. The van der Waals surface area contributed by atoms with Gasteiger partial charge in [0.25, 0.3) is 0 Å². The van der Waals surface area contributed by atoms with E-state index in [9.17, 15) is 14.4 Å². The second-order valence-electron chi connectivity index (χ2n) is 5.74. The van der Waals surface area contributed by atoms with Gasteiger partial charge in [-0.3, -0.25) is 9.59 Å². The highest BCUT2D eigenvalue weighted by atomic mass is 16.5. The quantitative estimate of drug-likeness (QED) is 0.755. The lowest BCUT2D eigenvalue weighted by molar-refractivity contribution is -0.123. The Labute approximate surface area is 157 Å². The average molecular weight is 370 g/mol. The summed E-state index contributed by atoms with van der Waals surface area (Å²) in [5.41, 5.74) is 1.45. The van der Waals surface area contributed by atoms with Crippen molar-refractivity contribution in [1.29, 1.82) is 0 Å². The molecule has 2 amide bonds. The molecule has 2 aromatic rings. The maximum Gasteiger partial charge on any atom is 0.339 e. The third kappa shape index (κ3) is 5.31. The van der Waals surface area contributed by atoms with Gasteiger partial charge >= 0.3 is 5.97 Å². The maximum absolute atomic E-state index is 12.3. The molecular weight excluding hydrogens is 348 g/mol. The summed E-state index contributed by atoms with van der Waals surface area (Å²) in [5, 5.41) is 2.76. The first-order valence-corrected chi connectivity index (χ1v) is 8.31. The van der Waals surface area contributed by atoms with E-state index >= 15 is 0 Å². The standard InChI is InChI=1S/C20H22N2O5/c1-14(23)22(18-7-5-4-6-17(18)20(25)27-3)13-19(24)21-12-15-8-10-16(26-2)11-9-15/h4-11H,12-13H2,1-3H3,(H,21,24). The van der Waals surface area contributed by atoms with Crippen LogP contribution in [0.15, 0.2) is 48.5 Å². The van der Waals surface area contributed by atoms with Crippen molar-refractivity contribution in [3.8, 4) is 5.75 Å². The Morgan fingerprint density at radius 2 is 1.67 bits per heavy atom. The Morgan fingerprint density at radius 3 is 2.26 bits per heavy atom. The number of amides is 2. The topological polar surface area (TPSA) is 84.9 Å². The van der Waals surface area contributed by atoms with Crippen molar-refractivity contribution in [1.82, 2.24) is 5.32 Å². The molecule has 0 saturated heterocycles. The van der Waals surface area contributed by atoms with Crippen molar-refractivity contribution in [3.63, 3.8) is 0 Å². The minimum Gasteiger partial charge on any atom is -0.497 e. The molecule has 0 spiro atoms. The Kier molecular flexibility index (Phi) is 6.93. The predicted octanol–water partition coefficient (Wildman–Crippen LogP) is 2.15. The van der Waals surface area contributed by atoms with Crippen LogP contribution in [0.25, 0.3) is 0 Å². The molecule has 2 rings (SSSR count). The first-order valence-electron chi connectivity index (χ1n) is 8.31. The zero-order valence-electron chi connectivity index (χ0n) is 15.5. The Bertz CT molecular complexity index is 817. The number of para-hydroxylation sites is 1. The molecule has 0 saturated carbocycles. The van der Waals surface area contributed by atoms with Crippen LogP contribution in [0.2, 0.25) is 0 Å². The molecule has 7 heteroatoms. The number of benzene rings is 2. The van der Waals surface area contributed by atoms with Crippen molar-refractivity contribution >= 4 is 23.5 Å². The lowest BCUT2D eigenvalue weighted by Crippen LogP contribution is -2.40. The second kappa shape index (κ2) is 9.38. The van der Waals surface area contributed by atoms with E-state index in [4.69, 9.17) is 9.47 Å². The van der Waals surface area contributed by atoms with Gasteiger partial charge in [-0.25, -0.2) is 4.79 Å². The maximum atomic E-state index is 12.3. The molecule has 0 aliphatic carbocycles. The van der Waals surface area contributed by atoms with Gasteiger partial charge in [-0.2, -0.15) is 0 Å². The van der Waals surface area contributed by atoms with Crippen molar-refractivity contribution < 1.29 is 23.9 Å². The minimum absolute atomic E-state index is 0.209. The summed E-state index contributed by atoms with van der Waals surface area (Å²) in [6.45, 7) is 1.44. The molecule has 0 aliphatic heterocycles. The second-order valence-corrected chi connectivity index (χ2v) is 5.74. The molecule has 0 bridgehead atoms. The van der Waals surface area contributed by atoms with Crippen LogP contribution in [-0.2, 0) is 20.9 Å². The van der Waals surface area contributed by atoms with Crippen LogP contribution >= 0.6 is 0 Å². The number of hydrogen-bond acceptors (Lipinski definition) is 5. The van der Waals surface area contributed by atoms with Gasteiger partial charge in [0.05, 0.1) is 25.5 Å². The molecule has 0 aliphatic rings. The number of ether oxygens (including phenoxy) is 2. The van der Waals surface area contributed by atoms with Crippen LogP contribution in [0.4, 0.5) is 5.69 Å². The third-order valence-electron chi connectivity index (χ3n) is 3.93. The van der Waals surface area contributed by atoms with Gasteiger partial charge in [0.15, 0.2) is 0 Å². The van der Waals surface area contributed by atoms with Gasteiger partial charge in [0, 0.05) is 13.5 Å². The van der Waals surface area contributed by atoms with Crippen LogP contribution < -0.4 is 15.0 Å². The number of nitrogens with one attached hydrogen (secondary N) is 1. The van der Waals surface area contributed by atoms with Crippen LogP contribution in [0.1, 0.15) is 22.8 Å². The van der Waals surface area contributed by atoms with Crippen molar-refractivity contribution in [2.45, 2.75) is 13.5 Å². The number of methoxy groups -OCH3 is 2. The number of nitrogens with zero attached hydrogens (tertiary/aromatic N) is 1. The van der Waals surface area contributed by atoms with E-state index in [2.05, 4.69) is 5.32 Å². The molecule has 2 aromatic carbocycles. The SMILES string of the molecule is COC(=O)c1ccccc1N(CC(=O)NCc1ccc(OC)cc1)C(C)=O. The first kappa shape index (κ1) is 20.0. The van der Waals surface area contributed by atoms with E-state index in [1.165, 1.54) is 18.9 Å². The van der Waals surface area contributed by atoms with Gasteiger partial charge in [0.2, 0.25) is 11.8 Å². The van der Waals surface area contributed by atoms with Crippen molar-refractivity contribution in [2.24, 2.45) is 0 Å². The number of rotatable bonds is 7. The molecule has 1 N–H and O–H groups in total. The van der Waals surface area contributed by atoms with Gasteiger partial charge in [-0.1, -0.05) is 24.3 Å². The molecule has 0 atom stereocenters. The zero-order valence-corrected chi connectivity index (χ0v) is 15.5. The fourth-order valence-electron chi connectivity index (χ4n) is 2.50. The highest BCUT2D eigenvalue weighted by Crippen LogP contribution is 2.21. The van der Waals surface area contributed by atoms with Crippen LogP contribution in [0, 0.1) is 0 Å². The Hall–Kier alpha value is -3.35. The number of carbonyl (C=O) groups is 3. The largest absolute Gasteiger partial charge is 0.497 e. The molecule has 0 heterocycles. The van der Waals surface area contributed by atoms with E-state index in [-0.39, 0.29) is 23.9 Å². The molecule has 0 fully saturated rings. The summed E-state index contributed by atoms with van der Waals surface area (Å²) >= 11 is 0. The molecule has 0 radical (unpaired) electrons. The van der Waals surface area contributed by atoms with Crippen LogP contribution in [-0.4, -0.2) is 38.5 Å². The van der Waals surface area contributed by atoms with E-state index in [0.29, 0.717) is 12.2 Å². The minimum atomic E-state index is -0.574. The van der Waals surface area contributed by atoms with Crippen LogP contribution in [0.5, 0.6) is 5.75 Å². The average Bonchev–Trinajstić information content (AvgIpc) is 2.70. The van der Waals surface area contributed by atoms with Gasteiger partial charge in [-0.15, -0.1) is 0 Å². The number of esters is 1. The van der Waals surface area contributed by atoms with Crippen molar-refractivity contribution in [3.05, 3.63) is 59.7 Å². The van der Waals surface area contributed by atoms with Gasteiger partial charge in [-0.05, 0) is 29.8 Å². The summed E-state index contributed by atoms with van der Waals surface area (Å²) in [7, 11) is 2.85. The summed E-state index contributed by atoms with van der Waals surface area (Å²) in [4.78, 5) is 37.6. The van der Waals surface area contributed by atoms with Gasteiger partial charge < -0.3 is 19.7 Å². The molecule has 7 nitrogen and oxygen atoms in total. The highest BCUT2D eigenvalue weighted by Gasteiger charge is 2.21.